The first-order valence-electron chi connectivity index (χ1n) is 7.64. The van der Waals surface area contributed by atoms with Crippen LogP contribution >= 0.6 is 11.6 Å². The number of aromatic nitrogens is 4. The maximum atomic E-state index is 13.8. The number of benzene rings is 2. The molecule has 0 atom stereocenters. The van der Waals surface area contributed by atoms with Crippen LogP contribution in [0.15, 0.2) is 54.6 Å². The number of ether oxygens (including phenoxy) is 2. The lowest BCUT2D eigenvalue weighted by Gasteiger charge is -2.12. The molecule has 0 spiro atoms. The van der Waals surface area contributed by atoms with Gasteiger partial charge in [-0.2, -0.15) is 4.52 Å². The second kappa shape index (κ2) is 6.61. The molecule has 0 aliphatic rings. The van der Waals surface area contributed by atoms with Crippen molar-refractivity contribution in [2.24, 2.45) is 0 Å². The lowest BCUT2D eigenvalue weighted by atomic mass is 10.0. The van der Waals surface area contributed by atoms with Crippen molar-refractivity contribution in [3.8, 4) is 28.5 Å². The molecular weight excluding hydrogens is 359 g/mol. The summed E-state index contributed by atoms with van der Waals surface area (Å²) in [6.45, 7) is 0. The molecule has 2 aromatic carbocycles. The number of nitrogens with zero attached hydrogens (tertiary/aromatic N) is 4. The van der Waals surface area contributed by atoms with Crippen LogP contribution < -0.4 is 9.47 Å². The molecule has 4 rings (SSSR count). The van der Waals surface area contributed by atoms with Crippen LogP contribution in [0.3, 0.4) is 0 Å². The molecular formula is C18H12ClFN4O2. The monoisotopic (exact) mass is 370 g/mol. The van der Waals surface area contributed by atoms with Crippen LogP contribution in [0.25, 0.3) is 16.8 Å². The summed E-state index contributed by atoms with van der Waals surface area (Å²) in [5, 5.41) is 12.0. The predicted molar refractivity (Wildman–Crippen MR) is 94.3 cm³/mol. The van der Waals surface area contributed by atoms with Crippen molar-refractivity contribution in [1.29, 1.82) is 0 Å². The van der Waals surface area contributed by atoms with Gasteiger partial charge < -0.3 is 9.47 Å². The minimum Gasteiger partial charge on any atom is -0.497 e. The summed E-state index contributed by atoms with van der Waals surface area (Å²) in [6.07, 6.45) is 0. The van der Waals surface area contributed by atoms with Crippen LogP contribution in [0, 0.1) is 5.82 Å². The van der Waals surface area contributed by atoms with Crippen molar-refractivity contribution in [2.75, 3.05) is 7.11 Å². The van der Waals surface area contributed by atoms with Crippen LogP contribution in [0.2, 0.25) is 5.28 Å². The molecule has 130 valence electrons. The molecule has 2 aromatic heterocycles. The number of fused-ring (bicyclic) bond motifs is 1. The minimum absolute atomic E-state index is 0.123. The summed E-state index contributed by atoms with van der Waals surface area (Å²) >= 11 is 5.94. The highest BCUT2D eigenvalue weighted by molar-refractivity contribution is 6.28. The van der Waals surface area contributed by atoms with Crippen LogP contribution in [0.4, 0.5) is 4.39 Å². The zero-order valence-corrected chi connectivity index (χ0v) is 14.3. The average Bonchev–Trinajstić information content (AvgIpc) is 3.04. The number of methoxy groups -OCH3 is 1. The molecule has 4 aromatic rings. The van der Waals surface area contributed by atoms with Gasteiger partial charge >= 0.3 is 0 Å². The molecule has 2 heterocycles. The van der Waals surface area contributed by atoms with Crippen LogP contribution in [0.5, 0.6) is 17.4 Å². The van der Waals surface area contributed by atoms with E-state index in [0.29, 0.717) is 22.7 Å². The summed E-state index contributed by atoms with van der Waals surface area (Å²) in [7, 11) is 1.57. The fraction of sp³-hybridized carbons (Fsp3) is 0.0556. The molecule has 0 bridgehead atoms. The Bertz CT molecular complexity index is 1100. The summed E-state index contributed by atoms with van der Waals surface area (Å²) in [5.41, 5.74) is 1.82. The van der Waals surface area contributed by atoms with E-state index in [1.165, 1.54) is 16.6 Å². The third kappa shape index (κ3) is 3.04. The Kier molecular flexibility index (Phi) is 4.14. The van der Waals surface area contributed by atoms with Crippen LogP contribution in [-0.4, -0.2) is 26.9 Å². The van der Waals surface area contributed by atoms with E-state index in [0.717, 1.165) is 5.56 Å². The lowest BCUT2D eigenvalue weighted by molar-refractivity contribution is 0.415. The fourth-order valence-corrected chi connectivity index (χ4v) is 2.68. The predicted octanol–water partition coefficient (Wildman–Crippen LogP) is 4.38. The number of halogens is 2. The molecule has 0 N–H and O–H groups in total. The largest absolute Gasteiger partial charge is 0.497 e. The lowest BCUT2D eigenvalue weighted by Crippen LogP contribution is -1.97. The third-order valence-corrected chi connectivity index (χ3v) is 3.97. The van der Waals surface area contributed by atoms with Crippen LogP contribution in [-0.2, 0) is 0 Å². The molecule has 0 aliphatic heterocycles. The molecule has 8 heteroatoms. The second-order valence-electron chi connectivity index (χ2n) is 5.39. The van der Waals surface area contributed by atoms with Crippen molar-refractivity contribution in [3.63, 3.8) is 0 Å². The quantitative estimate of drug-likeness (QED) is 0.533. The Balaban J connectivity index is 1.77. The molecule has 0 saturated carbocycles. The zero-order chi connectivity index (χ0) is 18.1. The van der Waals surface area contributed by atoms with Crippen molar-refractivity contribution >= 4 is 17.2 Å². The van der Waals surface area contributed by atoms with Gasteiger partial charge in [0.25, 0.3) is 0 Å². The van der Waals surface area contributed by atoms with Crippen LogP contribution in [0.1, 0.15) is 0 Å². The van der Waals surface area contributed by atoms with Gasteiger partial charge in [0.1, 0.15) is 17.3 Å². The molecule has 0 saturated heterocycles. The Labute approximate surface area is 152 Å². The average molecular weight is 371 g/mol. The maximum absolute atomic E-state index is 13.8. The first kappa shape index (κ1) is 16.3. The highest BCUT2D eigenvalue weighted by Gasteiger charge is 2.12. The standard InChI is InChI=1S/C18H12ClFN4O2/c1-25-13-4-2-3-11(9-13)14-10-12(20)5-6-15(14)26-17-8-7-16-21-22-18(19)24(16)23-17/h2-10H,1H3. The maximum Gasteiger partial charge on any atom is 0.246 e. The molecule has 0 unspecified atom stereocenters. The molecule has 6 nitrogen and oxygen atoms in total. The Morgan fingerprint density at radius 1 is 1.04 bits per heavy atom. The Hall–Kier alpha value is -3.19. The fourth-order valence-electron chi connectivity index (χ4n) is 2.52. The summed E-state index contributed by atoms with van der Waals surface area (Å²) in [4.78, 5) is 0. The smallest absolute Gasteiger partial charge is 0.246 e. The Morgan fingerprint density at radius 3 is 2.77 bits per heavy atom. The van der Waals surface area contributed by atoms with Crippen molar-refractivity contribution in [1.82, 2.24) is 19.8 Å². The zero-order valence-electron chi connectivity index (χ0n) is 13.6. The van der Waals surface area contributed by atoms with Gasteiger partial charge in [0.05, 0.1) is 7.11 Å². The number of hydrogen-bond acceptors (Lipinski definition) is 5. The summed E-state index contributed by atoms with van der Waals surface area (Å²) in [5.74, 6) is 1.000. The van der Waals surface area contributed by atoms with Gasteiger partial charge in [-0.1, -0.05) is 12.1 Å². The van der Waals surface area contributed by atoms with E-state index in [9.17, 15) is 4.39 Å². The summed E-state index contributed by atoms with van der Waals surface area (Å²) < 4.78 is 26.3. The highest BCUT2D eigenvalue weighted by atomic mass is 35.5. The summed E-state index contributed by atoms with van der Waals surface area (Å²) in [6, 6.07) is 14.9. The number of rotatable bonds is 4. The van der Waals surface area contributed by atoms with Crippen molar-refractivity contribution < 1.29 is 13.9 Å². The topological polar surface area (TPSA) is 61.5 Å². The van der Waals surface area contributed by atoms with Gasteiger partial charge in [-0.05, 0) is 53.6 Å². The van der Waals surface area contributed by atoms with Gasteiger partial charge in [-0.25, -0.2) is 4.39 Å². The van der Waals surface area contributed by atoms with E-state index in [-0.39, 0.29) is 17.0 Å². The molecule has 0 fully saturated rings. The van der Waals surface area contributed by atoms with E-state index in [1.54, 1.807) is 31.4 Å². The van der Waals surface area contributed by atoms with E-state index in [4.69, 9.17) is 21.1 Å². The molecule has 0 radical (unpaired) electrons. The van der Waals surface area contributed by atoms with Crippen molar-refractivity contribution in [3.05, 3.63) is 65.7 Å². The van der Waals surface area contributed by atoms with E-state index < -0.39 is 0 Å². The third-order valence-electron chi connectivity index (χ3n) is 3.74. The van der Waals surface area contributed by atoms with Gasteiger partial charge in [0.15, 0.2) is 5.65 Å². The van der Waals surface area contributed by atoms with Crippen molar-refractivity contribution in [2.45, 2.75) is 0 Å². The van der Waals surface area contributed by atoms with Gasteiger partial charge in [-0.15, -0.1) is 15.3 Å². The molecule has 26 heavy (non-hydrogen) atoms. The Morgan fingerprint density at radius 2 is 1.92 bits per heavy atom. The first-order chi connectivity index (χ1) is 12.6. The second-order valence-corrected chi connectivity index (χ2v) is 5.72. The van der Waals surface area contributed by atoms with E-state index in [1.807, 2.05) is 18.2 Å². The molecule has 0 aliphatic carbocycles. The SMILES string of the molecule is COc1cccc(-c2cc(F)ccc2Oc2ccc3nnc(Cl)n3n2)c1. The van der Waals surface area contributed by atoms with E-state index >= 15 is 0 Å². The van der Waals surface area contributed by atoms with Gasteiger partial charge in [0, 0.05) is 11.6 Å². The van der Waals surface area contributed by atoms with Gasteiger partial charge in [0.2, 0.25) is 11.2 Å². The number of hydrogen-bond donors (Lipinski definition) is 0. The highest BCUT2D eigenvalue weighted by Crippen LogP contribution is 2.35. The van der Waals surface area contributed by atoms with E-state index in [2.05, 4.69) is 15.3 Å². The first-order valence-corrected chi connectivity index (χ1v) is 8.01. The van der Waals surface area contributed by atoms with Gasteiger partial charge in [-0.3, -0.25) is 0 Å². The minimum atomic E-state index is -0.375. The molecule has 0 amide bonds. The normalized spacial score (nSPS) is 10.9.